The summed E-state index contributed by atoms with van der Waals surface area (Å²) in [6.45, 7) is 9.62. The lowest BCUT2D eigenvalue weighted by Gasteiger charge is -2.30. The van der Waals surface area contributed by atoms with E-state index in [0.717, 1.165) is 0 Å². The summed E-state index contributed by atoms with van der Waals surface area (Å²) < 4.78 is 10.8. The van der Waals surface area contributed by atoms with E-state index in [1.807, 2.05) is 0 Å². The summed E-state index contributed by atoms with van der Waals surface area (Å²) in [5.41, 5.74) is -3.47. The fourth-order valence-electron chi connectivity index (χ4n) is 3.50. The maximum absolute atomic E-state index is 13.3. The molecule has 33 heavy (non-hydrogen) atoms. The van der Waals surface area contributed by atoms with Crippen LogP contribution in [-0.2, 0) is 23.9 Å². The lowest BCUT2D eigenvalue weighted by Crippen LogP contribution is -2.50. The monoisotopic (exact) mass is 460 g/mol. The van der Waals surface area contributed by atoms with E-state index < -0.39 is 46.5 Å². The number of fused-ring (bicyclic) bond motifs is 1. The van der Waals surface area contributed by atoms with Crippen LogP contribution in [0.15, 0.2) is 24.3 Å². The number of amides is 3. The Hall–Kier alpha value is -3.43. The number of ether oxygens (including phenoxy) is 2. The number of esters is 1. The molecule has 0 radical (unpaired) electrons. The van der Waals surface area contributed by atoms with Gasteiger partial charge < -0.3 is 19.2 Å². The Kier molecular flexibility index (Phi) is 5.99. The first-order valence-corrected chi connectivity index (χ1v) is 10.6. The third-order valence-electron chi connectivity index (χ3n) is 5.03. The predicted octanol–water partition coefficient (Wildman–Crippen LogP) is 2.71. The molecule has 178 valence electrons. The minimum Gasteiger partial charge on any atom is -0.459 e. The largest absolute Gasteiger partial charge is 0.459 e. The van der Waals surface area contributed by atoms with Crippen LogP contribution in [0.4, 0.5) is 4.79 Å². The van der Waals surface area contributed by atoms with Crippen LogP contribution in [0.5, 0.6) is 0 Å². The smallest absolute Gasteiger partial charge is 0.410 e. The summed E-state index contributed by atoms with van der Waals surface area (Å²) in [6, 6.07) is 6.03. The van der Waals surface area contributed by atoms with Crippen molar-refractivity contribution in [2.45, 2.75) is 59.2 Å². The Labute approximate surface area is 191 Å². The van der Waals surface area contributed by atoms with Crippen LogP contribution < -0.4 is 0 Å². The van der Waals surface area contributed by atoms with Gasteiger partial charge in [-0.3, -0.25) is 14.4 Å². The Balaban J connectivity index is 1.87. The number of hydrogen-bond donors (Lipinski definition) is 0. The molecule has 0 bridgehead atoms. The second kappa shape index (κ2) is 8.17. The molecule has 3 rings (SSSR count). The number of hydrogen-bond acceptors (Lipinski definition) is 8. The van der Waals surface area contributed by atoms with Crippen molar-refractivity contribution in [3.63, 3.8) is 0 Å². The highest BCUT2D eigenvalue weighted by Crippen LogP contribution is 2.37. The molecule has 2 aliphatic heterocycles. The second-order valence-electron chi connectivity index (χ2n) is 10.1. The molecule has 2 heterocycles. The maximum Gasteiger partial charge on any atom is 0.410 e. The van der Waals surface area contributed by atoms with Crippen molar-refractivity contribution in [3.05, 3.63) is 35.4 Å². The average Bonchev–Trinajstić information content (AvgIpc) is 3.23. The number of nitrogens with zero attached hydrogens (tertiary/aromatic N) is 2. The van der Waals surface area contributed by atoms with Crippen LogP contribution in [0.25, 0.3) is 0 Å². The van der Waals surface area contributed by atoms with E-state index >= 15 is 0 Å². The van der Waals surface area contributed by atoms with Crippen molar-refractivity contribution in [3.8, 4) is 0 Å². The van der Waals surface area contributed by atoms with E-state index in [4.69, 9.17) is 14.3 Å². The quantitative estimate of drug-likeness (QED) is 0.384. The van der Waals surface area contributed by atoms with Crippen LogP contribution in [0.3, 0.4) is 0 Å². The van der Waals surface area contributed by atoms with Crippen LogP contribution in [-0.4, -0.2) is 64.1 Å². The lowest BCUT2D eigenvalue weighted by atomic mass is 9.87. The summed E-state index contributed by atoms with van der Waals surface area (Å²) in [6.07, 6.45) is -0.829. The number of rotatable bonds is 3. The van der Waals surface area contributed by atoms with E-state index in [2.05, 4.69) is 0 Å². The number of carbonyl (C=O) groups is 5. The standard InChI is InChI=1S/C23H28N2O8/c1-21(2,3)31-18(28)23(11-12-24(13-23)20(30)32-22(4,5)6)19(29)33-25-16(26)14-9-7-8-10-15(14)17(25)27/h7-10H,11-13H2,1-6H3. The van der Waals surface area contributed by atoms with Gasteiger partial charge in [0.2, 0.25) is 0 Å². The highest BCUT2D eigenvalue weighted by molar-refractivity contribution is 6.21. The average molecular weight is 460 g/mol. The Morgan fingerprint density at radius 1 is 0.848 bits per heavy atom. The van der Waals surface area contributed by atoms with Crippen molar-refractivity contribution >= 4 is 29.8 Å². The van der Waals surface area contributed by atoms with Gasteiger partial charge in [0.15, 0.2) is 5.41 Å². The van der Waals surface area contributed by atoms with Gasteiger partial charge in [-0.25, -0.2) is 9.59 Å². The van der Waals surface area contributed by atoms with Crippen molar-refractivity contribution in [2.75, 3.05) is 13.1 Å². The molecule has 10 nitrogen and oxygen atoms in total. The second-order valence-corrected chi connectivity index (χ2v) is 10.1. The van der Waals surface area contributed by atoms with Crippen molar-refractivity contribution in [2.24, 2.45) is 5.41 Å². The van der Waals surface area contributed by atoms with Crippen molar-refractivity contribution < 1.29 is 38.3 Å². The van der Waals surface area contributed by atoms with Gasteiger partial charge in [-0.15, -0.1) is 0 Å². The van der Waals surface area contributed by atoms with Gasteiger partial charge in [-0.05, 0) is 60.1 Å². The minimum absolute atomic E-state index is 0.0192. The summed E-state index contributed by atoms with van der Waals surface area (Å²) in [5.74, 6) is -3.70. The molecule has 2 aliphatic rings. The van der Waals surface area contributed by atoms with E-state index in [0.29, 0.717) is 5.06 Å². The zero-order valence-electron chi connectivity index (χ0n) is 19.6. The molecule has 0 aliphatic carbocycles. The molecule has 1 atom stereocenters. The first-order chi connectivity index (χ1) is 15.1. The van der Waals surface area contributed by atoms with E-state index in [-0.39, 0.29) is 30.6 Å². The van der Waals surface area contributed by atoms with Crippen LogP contribution in [0.2, 0.25) is 0 Å². The molecule has 0 N–H and O–H groups in total. The molecule has 1 aromatic rings. The summed E-state index contributed by atoms with van der Waals surface area (Å²) in [7, 11) is 0. The summed E-state index contributed by atoms with van der Waals surface area (Å²) >= 11 is 0. The zero-order valence-corrected chi connectivity index (χ0v) is 19.6. The van der Waals surface area contributed by atoms with Gasteiger partial charge >= 0.3 is 18.0 Å². The minimum atomic E-state index is -1.93. The van der Waals surface area contributed by atoms with Gasteiger partial charge in [0, 0.05) is 6.54 Å². The molecular weight excluding hydrogens is 432 g/mol. The molecule has 1 fully saturated rings. The molecule has 0 saturated carbocycles. The molecular formula is C23H28N2O8. The van der Waals surface area contributed by atoms with Gasteiger partial charge in [0.1, 0.15) is 11.2 Å². The molecule has 1 unspecified atom stereocenters. The van der Waals surface area contributed by atoms with Crippen LogP contribution in [0.1, 0.15) is 68.7 Å². The topological polar surface area (TPSA) is 120 Å². The van der Waals surface area contributed by atoms with Gasteiger partial charge in [-0.1, -0.05) is 17.2 Å². The fourth-order valence-corrected chi connectivity index (χ4v) is 3.50. The SMILES string of the molecule is CC(C)(C)OC(=O)N1CCC(C(=O)ON2C(=O)c3ccccc3C2=O)(C(=O)OC(C)(C)C)C1. The lowest BCUT2D eigenvalue weighted by molar-refractivity contribution is -0.192. The molecule has 0 spiro atoms. The van der Waals surface area contributed by atoms with E-state index in [1.54, 1.807) is 53.7 Å². The molecule has 10 heteroatoms. The highest BCUT2D eigenvalue weighted by atomic mass is 16.7. The molecule has 1 aromatic carbocycles. The number of imide groups is 1. The van der Waals surface area contributed by atoms with Crippen LogP contribution >= 0.6 is 0 Å². The first-order valence-electron chi connectivity index (χ1n) is 10.6. The van der Waals surface area contributed by atoms with Crippen molar-refractivity contribution in [1.29, 1.82) is 0 Å². The van der Waals surface area contributed by atoms with Gasteiger partial charge in [0.05, 0.1) is 17.7 Å². The first kappa shape index (κ1) is 24.2. The number of benzene rings is 1. The zero-order chi connectivity index (χ0) is 24.8. The Bertz CT molecular complexity index is 985. The van der Waals surface area contributed by atoms with E-state index in [9.17, 15) is 24.0 Å². The highest BCUT2D eigenvalue weighted by Gasteiger charge is 2.57. The molecule has 3 amide bonds. The predicted molar refractivity (Wildman–Crippen MR) is 114 cm³/mol. The Morgan fingerprint density at radius 2 is 1.36 bits per heavy atom. The molecule has 1 saturated heterocycles. The van der Waals surface area contributed by atoms with E-state index in [1.165, 1.54) is 17.0 Å². The maximum atomic E-state index is 13.3. The van der Waals surface area contributed by atoms with Gasteiger partial charge in [-0.2, -0.15) is 0 Å². The third-order valence-corrected chi connectivity index (χ3v) is 5.03. The fraction of sp³-hybridized carbons (Fsp3) is 0.522. The molecule has 0 aromatic heterocycles. The normalized spacial score (nSPS) is 20.5. The third kappa shape index (κ3) is 4.84. The summed E-state index contributed by atoms with van der Waals surface area (Å²) in [5, 5.41) is 0.343. The summed E-state index contributed by atoms with van der Waals surface area (Å²) in [4.78, 5) is 70.6. The van der Waals surface area contributed by atoms with Gasteiger partial charge in [0.25, 0.3) is 11.8 Å². The number of likely N-dealkylation sites (tertiary alicyclic amines) is 1. The number of hydroxylamine groups is 2. The van der Waals surface area contributed by atoms with Crippen LogP contribution in [0, 0.1) is 5.41 Å². The number of carbonyl (C=O) groups excluding carboxylic acids is 5. The van der Waals surface area contributed by atoms with Crippen molar-refractivity contribution in [1.82, 2.24) is 9.96 Å². The Morgan fingerprint density at radius 3 is 1.85 bits per heavy atom.